The standard InChI is InChI=1S/C58H36N2O2/c1-3-15-39-33-41(27-25-37(39)13-1)43-29-31-45-47(35-43)57(59-49-17-5-9-21-53(49)61-54-22-10-6-18-50(54)59)46-32-30-44(42-28-26-38-14-2-4-16-40(38)34-42)36-48(46)58(45)60-51-19-7-11-23-55(51)62-56-24-12-8-20-52(56)60/h1-36H. The Morgan fingerprint density at radius 2 is 0.548 bits per heavy atom. The number of nitrogens with zero attached hydrogens (tertiary/aromatic N) is 2. The van der Waals surface area contributed by atoms with Crippen LogP contribution in [0.1, 0.15) is 0 Å². The molecule has 0 N–H and O–H groups in total. The molecule has 0 saturated heterocycles. The van der Waals surface area contributed by atoms with Crippen molar-refractivity contribution in [2.45, 2.75) is 0 Å². The number of fused-ring (bicyclic) bond motifs is 8. The van der Waals surface area contributed by atoms with Crippen molar-refractivity contribution in [3.8, 4) is 45.3 Å². The molecule has 0 atom stereocenters. The van der Waals surface area contributed by atoms with E-state index in [1.165, 1.54) is 21.5 Å². The van der Waals surface area contributed by atoms with Crippen molar-refractivity contribution in [2.75, 3.05) is 9.80 Å². The summed E-state index contributed by atoms with van der Waals surface area (Å²) >= 11 is 0. The Morgan fingerprint density at radius 1 is 0.242 bits per heavy atom. The van der Waals surface area contributed by atoms with E-state index in [4.69, 9.17) is 9.47 Å². The molecule has 0 saturated carbocycles. The van der Waals surface area contributed by atoms with E-state index in [1.54, 1.807) is 0 Å². The monoisotopic (exact) mass is 792 g/mol. The predicted molar refractivity (Wildman–Crippen MR) is 257 cm³/mol. The van der Waals surface area contributed by atoms with E-state index in [0.29, 0.717) is 0 Å². The van der Waals surface area contributed by atoms with Crippen LogP contribution in [0.2, 0.25) is 0 Å². The van der Waals surface area contributed by atoms with Crippen molar-refractivity contribution in [2.24, 2.45) is 0 Å². The smallest absolute Gasteiger partial charge is 0.151 e. The quantitative estimate of drug-likeness (QED) is 0.166. The van der Waals surface area contributed by atoms with E-state index < -0.39 is 0 Å². The first-order valence-corrected chi connectivity index (χ1v) is 21.1. The molecular formula is C58H36N2O2. The highest BCUT2D eigenvalue weighted by Gasteiger charge is 2.33. The highest BCUT2D eigenvalue weighted by Crippen LogP contribution is 2.59. The molecule has 0 aliphatic carbocycles. The summed E-state index contributed by atoms with van der Waals surface area (Å²) in [6, 6.07) is 78.3. The number of rotatable bonds is 4. The molecule has 0 spiro atoms. The SMILES string of the molecule is c1ccc2c(c1)Oc1ccccc1N2c1c2ccc(-c3ccc4ccccc4c3)cc2c(N2c3ccccc3Oc3ccccc32)c2ccc(-c3ccc4ccccc4c3)cc12. The maximum atomic E-state index is 6.63. The molecule has 0 amide bonds. The first-order chi connectivity index (χ1) is 30.7. The Bertz CT molecular complexity index is 3300. The van der Waals surface area contributed by atoms with Crippen molar-refractivity contribution in [1.82, 2.24) is 0 Å². The Labute approximate surface area is 358 Å². The fraction of sp³-hybridized carbons (Fsp3) is 0. The number of hydrogen-bond acceptors (Lipinski definition) is 4. The van der Waals surface area contributed by atoms with Gasteiger partial charge in [-0.3, -0.25) is 0 Å². The van der Waals surface area contributed by atoms with Crippen LogP contribution in [-0.4, -0.2) is 0 Å². The summed E-state index contributed by atoms with van der Waals surface area (Å²) in [5, 5.41) is 9.32. The van der Waals surface area contributed by atoms with Crippen molar-refractivity contribution in [3.63, 3.8) is 0 Å². The van der Waals surface area contributed by atoms with E-state index >= 15 is 0 Å². The number of hydrogen-bond donors (Lipinski definition) is 0. The summed E-state index contributed by atoms with van der Waals surface area (Å²) in [6.45, 7) is 0. The summed E-state index contributed by atoms with van der Waals surface area (Å²) in [7, 11) is 0. The highest BCUT2D eigenvalue weighted by molar-refractivity contribution is 6.25. The Balaban J connectivity index is 1.19. The number of anilines is 6. The Morgan fingerprint density at radius 3 is 0.935 bits per heavy atom. The van der Waals surface area contributed by atoms with Gasteiger partial charge in [-0.2, -0.15) is 0 Å². The van der Waals surface area contributed by atoms with Crippen LogP contribution >= 0.6 is 0 Å². The third kappa shape index (κ3) is 5.33. The topological polar surface area (TPSA) is 24.9 Å². The summed E-state index contributed by atoms with van der Waals surface area (Å²) in [4.78, 5) is 4.84. The summed E-state index contributed by atoms with van der Waals surface area (Å²) in [5.41, 5.74) is 10.7. The lowest BCUT2D eigenvalue weighted by Crippen LogP contribution is -2.19. The van der Waals surface area contributed by atoms with Gasteiger partial charge in [0.15, 0.2) is 23.0 Å². The van der Waals surface area contributed by atoms with E-state index in [9.17, 15) is 0 Å². The maximum absolute atomic E-state index is 6.63. The van der Waals surface area contributed by atoms with E-state index in [1.807, 2.05) is 24.3 Å². The van der Waals surface area contributed by atoms with Crippen molar-refractivity contribution < 1.29 is 9.47 Å². The summed E-state index contributed by atoms with van der Waals surface area (Å²) in [5.74, 6) is 3.24. The van der Waals surface area contributed by atoms with Crippen LogP contribution in [0.25, 0.3) is 65.3 Å². The van der Waals surface area contributed by atoms with Gasteiger partial charge in [-0.15, -0.1) is 0 Å². The van der Waals surface area contributed by atoms with E-state index in [2.05, 4.69) is 204 Å². The second-order valence-corrected chi connectivity index (χ2v) is 16.1. The number of benzene rings is 11. The van der Waals surface area contributed by atoms with Crippen molar-refractivity contribution >= 4 is 77.2 Å². The van der Waals surface area contributed by atoms with Gasteiger partial charge in [-0.25, -0.2) is 0 Å². The fourth-order valence-electron chi connectivity index (χ4n) is 9.65. The molecule has 4 heteroatoms. The molecular weight excluding hydrogens is 757 g/mol. The van der Waals surface area contributed by atoms with E-state index in [-0.39, 0.29) is 0 Å². The molecule has 2 aliphatic rings. The molecule has 62 heavy (non-hydrogen) atoms. The zero-order valence-corrected chi connectivity index (χ0v) is 33.5. The molecule has 0 fully saturated rings. The Kier molecular flexibility index (Phi) is 7.57. The van der Waals surface area contributed by atoms with Crippen LogP contribution in [0.4, 0.5) is 34.1 Å². The fourth-order valence-corrected chi connectivity index (χ4v) is 9.65. The molecule has 13 rings (SSSR count). The minimum Gasteiger partial charge on any atom is -0.453 e. The molecule has 0 aromatic heterocycles. The van der Waals surface area contributed by atoms with Gasteiger partial charge < -0.3 is 19.3 Å². The lowest BCUT2D eigenvalue weighted by atomic mass is 9.90. The van der Waals surface area contributed by atoms with Crippen LogP contribution in [0.15, 0.2) is 218 Å². The van der Waals surface area contributed by atoms with Gasteiger partial charge in [-0.05, 0) is 117 Å². The molecule has 4 nitrogen and oxygen atoms in total. The molecule has 2 aliphatic heterocycles. The predicted octanol–water partition coefficient (Wildman–Crippen LogP) is 16.8. The van der Waals surface area contributed by atoms with Gasteiger partial charge >= 0.3 is 0 Å². The summed E-state index contributed by atoms with van der Waals surface area (Å²) in [6.07, 6.45) is 0. The highest BCUT2D eigenvalue weighted by atomic mass is 16.5. The summed E-state index contributed by atoms with van der Waals surface area (Å²) < 4.78 is 13.3. The second-order valence-electron chi connectivity index (χ2n) is 16.1. The Hall–Kier alpha value is -8.34. The number of ether oxygens (including phenoxy) is 2. The van der Waals surface area contributed by atoms with Gasteiger partial charge in [0.05, 0.1) is 34.1 Å². The first-order valence-electron chi connectivity index (χ1n) is 21.1. The molecule has 2 heterocycles. The largest absolute Gasteiger partial charge is 0.453 e. The molecule has 0 bridgehead atoms. The zero-order valence-electron chi connectivity index (χ0n) is 33.5. The average Bonchev–Trinajstić information content (AvgIpc) is 3.34. The van der Waals surface area contributed by atoms with Crippen molar-refractivity contribution in [3.05, 3.63) is 218 Å². The normalized spacial score (nSPS) is 12.7. The molecule has 290 valence electrons. The zero-order chi connectivity index (χ0) is 40.7. The van der Waals surface area contributed by atoms with Crippen LogP contribution in [0, 0.1) is 0 Å². The third-order valence-corrected chi connectivity index (χ3v) is 12.5. The average molecular weight is 793 g/mol. The van der Waals surface area contributed by atoms with Gasteiger partial charge in [0, 0.05) is 21.5 Å². The minimum absolute atomic E-state index is 0.811. The lowest BCUT2D eigenvalue weighted by molar-refractivity contribution is 0.477. The van der Waals surface area contributed by atoms with Gasteiger partial charge in [-0.1, -0.05) is 146 Å². The van der Waals surface area contributed by atoms with E-state index in [0.717, 1.165) is 101 Å². The molecule has 11 aromatic carbocycles. The molecule has 0 unspecified atom stereocenters. The minimum atomic E-state index is 0.811. The lowest BCUT2D eigenvalue weighted by Gasteiger charge is -2.37. The van der Waals surface area contributed by atoms with Crippen LogP contribution in [0.3, 0.4) is 0 Å². The van der Waals surface area contributed by atoms with Crippen LogP contribution in [-0.2, 0) is 0 Å². The van der Waals surface area contributed by atoms with Gasteiger partial charge in [0.25, 0.3) is 0 Å². The number of para-hydroxylation sites is 8. The van der Waals surface area contributed by atoms with Gasteiger partial charge in [0.2, 0.25) is 0 Å². The van der Waals surface area contributed by atoms with Crippen LogP contribution in [0.5, 0.6) is 23.0 Å². The third-order valence-electron chi connectivity index (χ3n) is 12.5. The molecule has 11 aromatic rings. The van der Waals surface area contributed by atoms with Crippen molar-refractivity contribution in [1.29, 1.82) is 0 Å². The van der Waals surface area contributed by atoms with Gasteiger partial charge in [0.1, 0.15) is 0 Å². The maximum Gasteiger partial charge on any atom is 0.151 e. The molecule has 0 radical (unpaired) electrons. The van der Waals surface area contributed by atoms with Crippen LogP contribution < -0.4 is 19.3 Å². The second kappa shape index (κ2) is 13.6. The first kappa shape index (κ1) is 34.5.